The Labute approximate surface area is 95.0 Å². The molecule has 1 aromatic rings. The predicted molar refractivity (Wildman–Crippen MR) is 59.0 cm³/mol. The zero-order valence-corrected chi connectivity index (χ0v) is 9.47. The number of hydrogen-bond acceptors (Lipinski definition) is 2. The van der Waals surface area contributed by atoms with Crippen LogP contribution >= 0.6 is 15.9 Å². The quantitative estimate of drug-likeness (QED) is 0.810. The molecule has 0 aromatic heterocycles. The zero-order chi connectivity index (χ0) is 11.0. The van der Waals surface area contributed by atoms with Gasteiger partial charge >= 0.3 is 0 Å². The van der Waals surface area contributed by atoms with Crippen molar-refractivity contribution in [2.24, 2.45) is 0 Å². The van der Waals surface area contributed by atoms with Crippen molar-refractivity contribution in [3.8, 4) is 0 Å². The largest absolute Gasteiger partial charge is 0.396 e. The van der Waals surface area contributed by atoms with E-state index in [-0.39, 0.29) is 17.6 Å². The highest BCUT2D eigenvalue weighted by Crippen LogP contribution is 2.25. The number of rotatable bonds is 2. The van der Waals surface area contributed by atoms with Gasteiger partial charge in [-0.25, -0.2) is 4.39 Å². The third-order valence-electron chi connectivity index (χ3n) is 2.24. The maximum atomic E-state index is 13.0. The molecule has 1 aliphatic carbocycles. The minimum Gasteiger partial charge on any atom is -0.396 e. The van der Waals surface area contributed by atoms with Crippen LogP contribution in [0.1, 0.15) is 23.2 Å². The molecule has 1 saturated carbocycles. The van der Waals surface area contributed by atoms with Crippen molar-refractivity contribution in [3.05, 3.63) is 28.0 Å². The van der Waals surface area contributed by atoms with Gasteiger partial charge in [0.2, 0.25) is 0 Å². The van der Waals surface area contributed by atoms with Crippen LogP contribution in [0, 0.1) is 5.82 Å². The monoisotopic (exact) mass is 272 g/mol. The lowest BCUT2D eigenvalue weighted by molar-refractivity contribution is 0.0950. The van der Waals surface area contributed by atoms with E-state index in [2.05, 4.69) is 21.2 Å². The molecular weight excluding hydrogens is 263 g/mol. The number of halogens is 2. The molecule has 1 fully saturated rings. The first-order chi connectivity index (χ1) is 7.08. The number of benzene rings is 1. The third-order valence-corrected chi connectivity index (χ3v) is 2.90. The van der Waals surface area contributed by atoms with Gasteiger partial charge in [0.05, 0.1) is 11.3 Å². The van der Waals surface area contributed by atoms with Gasteiger partial charge in [-0.15, -0.1) is 0 Å². The molecule has 0 atom stereocenters. The maximum absolute atomic E-state index is 13.0. The van der Waals surface area contributed by atoms with Gasteiger partial charge in [-0.05, 0) is 40.9 Å². The van der Waals surface area contributed by atoms with Crippen LogP contribution in [0.25, 0.3) is 0 Å². The van der Waals surface area contributed by atoms with Gasteiger partial charge in [0.25, 0.3) is 5.91 Å². The van der Waals surface area contributed by atoms with E-state index in [4.69, 9.17) is 5.73 Å². The molecule has 3 N–H and O–H groups in total. The average Bonchev–Trinajstić information content (AvgIpc) is 2.95. The molecule has 0 aliphatic heterocycles. The van der Waals surface area contributed by atoms with Crippen molar-refractivity contribution in [3.63, 3.8) is 0 Å². The molecule has 2 rings (SSSR count). The zero-order valence-electron chi connectivity index (χ0n) is 7.89. The van der Waals surface area contributed by atoms with Crippen LogP contribution in [-0.4, -0.2) is 11.9 Å². The number of nitrogens with two attached hydrogens (primary N) is 1. The Bertz CT molecular complexity index is 418. The number of anilines is 1. The standard InChI is InChI=1S/C10H10BrFN2O/c11-7-4-8(12)9(13)3-6(7)10(15)14-5-1-2-5/h3-5H,1-2,13H2,(H,14,15). The first kappa shape index (κ1) is 10.4. The molecule has 0 radical (unpaired) electrons. The fourth-order valence-electron chi connectivity index (χ4n) is 1.23. The number of amides is 1. The van der Waals surface area contributed by atoms with E-state index in [1.807, 2.05) is 0 Å². The summed E-state index contributed by atoms with van der Waals surface area (Å²) in [6.07, 6.45) is 2.03. The first-order valence-electron chi connectivity index (χ1n) is 4.63. The summed E-state index contributed by atoms with van der Waals surface area (Å²) in [5.41, 5.74) is 5.76. The number of carbonyl (C=O) groups excluding carboxylic acids is 1. The van der Waals surface area contributed by atoms with E-state index < -0.39 is 5.82 Å². The van der Waals surface area contributed by atoms with E-state index in [0.717, 1.165) is 12.8 Å². The van der Waals surface area contributed by atoms with Crippen molar-refractivity contribution in [2.75, 3.05) is 5.73 Å². The number of nitrogen functional groups attached to an aromatic ring is 1. The fraction of sp³-hybridized carbons (Fsp3) is 0.300. The molecular formula is C10H10BrFN2O. The Morgan fingerprint density at radius 2 is 2.20 bits per heavy atom. The lowest BCUT2D eigenvalue weighted by Gasteiger charge is -2.07. The summed E-state index contributed by atoms with van der Waals surface area (Å²) in [7, 11) is 0. The summed E-state index contributed by atoms with van der Waals surface area (Å²) in [4.78, 5) is 11.7. The van der Waals surface area contributed by atoms with Gasteiger partial charge in [0, 0.05) is 10.5 Å². The number of hydrogen-bond donors (Lipinski definition) is 2. The maximum Gasteiger partial charge on any atom is 0.252 e. The second kappa shape index (κ2) is 3.81. The molecule has 1 amide bonds. The first-order valence-corrected chi connectivity index (χ1v) is 5.42. The molecule has 1 aromatic carbocycles. The van der Waals surface area contributed by atoms with Crippen molar-refractivity contribution >= 4 is 27.5 Å². The molecule has 0 bridgehead atoms. The van der Waals surface area contributed by atoms with Gasteiger partial charge < -0.3 is 11.1 Å². The van der Waals surface area contributed by atoms with Crippen LogP contribution in [0.4, 0.5) is 10.1 Å². The van der Waals surface area contributed by atoms with E-state index >= 15 is 0 Å². The average molecular weight is 273 g/mol. The van der Waals surface area contributed by atoms with E-state index in [9.17, 15) is 9.18 Å². The highest BCUT2D eigenvalue weighted by Gasteiger charge is 2.25. The van der Waals surface area contributed by atoms with Gasteiger partial charge in [0.1, 0.15) is 5.82 Å². The van der Waals surface area contributed by atoms with Crippen LogP contribution in [0.5, 0.6) is 0 Å². The van der Waals surface area contributed by atoms with Crippen molar-refractivity contribution in [1.29, 1.82) is 0 Å². The highest BCUT2D eigenvalue weighted by atomic mass is 79.9. The van der Waals surface area contributed by atoms with Gasteiger partial charge in [-0.3, -0.25) is 4.79 Å². The van der Waals surface area contributed by atoms with Crippen molar-refractivity contribution in [2.45, 2.75) is 18.9 Å². The van der Waals surface area contributed by atoms with E-state index in [1.54, 1.807) is 0 Å². The molecule has 3 nitrogen and oxygen atoms in total. The molecule has 5 heteroatoms. The Morgan fingerprint density at radius 3 is 2.80 bits per heavy atom. The Hall–Kier alpha value is -1.10. The normalized spacial score (nSPS) is 15.1. The lowest BCUT2D eigenvalue weighted by Crippen LogP contribution is -2.25. The minimum absolute atomic E-state index is 0.0147. The summed E-state index contributed by atoms with van der Waals surface area (Å²) in [5.74, 6) is -0.735. The molecule has 0 unspecified atom stereocenters. The summed E-state index contributed by atoms with van der Waals surface area (Å²) >= 11 is 3.14. The van der Waals surface area contributed by atoms with E-state index in [0.29, 0.717) is 10.0 Å². The van der Waals surface area contributed by atoms with E-state index in [1.165, 1.54) is 12.1 Å². The SMILES string of the molecule is Nc1cc(C(=O)NC2CC2)c(Br)cc1F. The summed E-state index contributed by atoms with van der Waals surface area (Å²) < 4.78 is 13.4. The topological polar surface area (TPSA) is 55.1 Å². The number of nitrogens with one attached hydrogen (secondary N) is 1. The Morgan fingerprint density at radius 1 is 1.53 bits per heavy atom. The van der Waals surface area contributed by atoms with Crippen LogP contribution in [0.2, 0.25) is 0 Å². The highest BCUT2D eigenvalue weighted by molar-refractivity contribution is 9.10. The molecule has 0 heterocycles. The fourth-order valence-corrected chi connectivity index (χ4v) is 1.73. The van der Waals surface area contributed by atoms with Crippen molar-refractivity contribution < 1.29 is 9.18 Å². The minimum atomic E-state index is -0.523. The summed E-state index contributed by atoms with van der Waals surface area (Å²) in [6.45, 7) is 0. The molecule has 15 heavy (non-hydrogen) atoms. The predicted octanol–water partition coefficient (Wildman–Crippen LogP) is 2.06. The smallest absolute Gasteiger partial charge is 0.252 e. The second-order valence-electron chi connectivity index (χ2n) is 3.60. The Balaban J connectivity index is 2.25. The van der Waals surface area contributed by atoms with Crippen LogP contribution < -0.4 is 11.1 Å². The van der Waals surface area contributed by atoms with Gasteiger partial charge in [0.15, 0.2) is 0 Å². The molecule has 1 aliphatic rings. The van der Waals surface area contributed by atoms with Crippen LogP contribution in [0.3, 0.4) is 0 Å². The summed E-state index contributed by atoms with van der Waals surface area (Å²) in [5, 5.41) is 2.81. The Kier molecular flexibility index (Phi) is 2.65. The van der Waals surface area contributed by atoms with Crippen LogP contribution in [0.15, 0.2) is 16.6 Å². The lowest BCUT2D eigenvalue weighted by atomic mass is 10.2. The molecule has 0 saturated heterocycles. The third kappa shape index (κ3) is 2.28. The van der Waals surface area contributed by atoms with Gasteiger partial charge in [-0.1, -0.05) is 0 Å². The van der Waals surface area contributed by atoms with Crippen molar-refractivity contribution in [1.82, 2.24) is 5.32 Å². The molecule has 80 valence electrons. The molecule has 0 spiro atoms. The summed E-state index contributed by atoms with van der Waals surface area (Å²) in [6, 6.07) is 2.82. The second-order valence-corrected chi connectivity index (χ2v) is 4.46. The van der Waals surface area contributed by atoms with Crippen LogP contribution in [-0.2, 0) is 0 Å². The number of carbonyl (C=O) groups is 1. The van der Waals surface area contributed by atoms with Gasteiger partial charge in [-0.2, -0.15) is 0 Å².